The Morgan fingerprint density at radius 1 is 1.45 bits per heavy atom. The molecule has 0 saturated carbocycles. The Bertz CT molecular complexity index is 723. The first-order chi connectivity index (χ1) is 10.7. The number of aromatic amines is 1. The fraction of sp³-hybridized carbons (Fsp3) is 0.500. The maximum absolute atomic E-state index is 12.5. The van der Waals surface area contributed by atoms with Crippen LogP contribution < -0.4 is 0 Å². The topological polar surface area (TPSA) is 36.1 Å². The van der Waals surface area contributed by atoms with E-state index in [1.807, 2.05) is 6.92 Å². The van der Waals surface area contributed by atoms with Crippen LogP contribution in [-0.4, -0.2) is 32.8 Å². The van der Waals surface area contributed by atoms with Crippen LogP contribution in [0.25, 0.3) is 10.9 Å². The molecule has 1 N–H and O–H groups in total. The van der Waals surface area contributed by atoms with E-state index in [1.165, 1.54) is 28.5 Å². The van der Waals surface area contributed by atoms with Gasteiger partial charge in [0.1, 0.15) is 0 Å². The summed E-state index contributed by atoms with van der Waals surface area (Å²) in [4.78, 5) is 18.1. The van der Waals surface area contributed by atoms with E-state index in [0.717, 1.165) is 17.4 Å². The second-order valence-electron chi connectivity index (χ2n) is 6.62. The fourth-order valence-corrected chi connectivity index (χ4v) is 5.03. The van der Waals surface area contributed by atoms with Crippen LogP contribution in [0.1, 0.15) is 36.8 Å². The number of likely N-dealkylation sites (tertiary alicyclic amines) is 1. The third-order valence-corrected chi connectivity index (χ3v) is 6.64. The number of alkyl halides is 1. The van der Waals surface area contributed by atoms with Gasteiger partial charge in [-0.2, -0.15) is 0 Å². The van der Waals surface area contributed by atoms with E-state index >= 15 is 0 Å². The molecule has 1 aromatic heterocycles. The quantitative estimate of drug-likeness (QED) is 0.595. The highest BCUT2D eigenvalue weighted by atomic mass is 127. The molecule has 0 bridgehead atoms. The number of halogens is 1. The van der Waals surface area contributed by atoms with Crippen molar-refractivity contribution in [2.24, 2.45) is 5.92 Å². The van der Waals surface area contributed by atoms with Crippen molar-refractivity contribution >= 4 is 39.4 Å². The molecule has 4 heteroatoms. The minimum atomic E-state index is 0.315. The average molecular weight is 408 g/mol. The van der Waals surface area contributed by atoms with Gasteiger partial charge in [-0.15, -0.1) is 0 Å². The van der Waals surface area contributed by atoms with Crippen molar-refractivity contribution in [2.45, 2.75) is 38.1 Å². The van der Waals surface area contributed by atoms with Crippen molar-refractivity contribution in [1.29, 1.82) is 0 Å². The molecule has 0 spiro atoms. The molecule has 1 saturated heterocycles. The summed E-state index contributed by atoms with van der Waals surface area (Å²) < 4.78 is 1.13. The van der Waals surface area contributed by atoms with Crippen molar-refractivity contribution in [3.63, 3.8) is 0 Å². The summed E-state index contributed by atoms with van der Waals surface area (Å²) in [6.45, 7) is 2.92. The Labute approximate surface area is 144 Å². The number of nitrogens with zero attached hydrogens (tertiary/aromatic N) is 1. The summed E-state index contributed by atoms with van der Waals surface area (Å²) >= 11 is 2.48. The number of carbonyl (C=O) groups excluding carboxylic acids is 1. The van der Waals surface area contributed by atoms with Crippen LogP contribution >= 0.6 is 22.6 Å². The summed E-state index contributed by atoms with van der Waals surface area (Å²) in [6, 6.07) is 6.94. The number of hydrogen-bond acceptors (Lipinski definition) is 1. The highest BCUT2D eigenvalue weighted by Gasteiger charge is 2.41. The number of carbonyl (C=O) groups is 1. The number of rotatable bonds is 2. The summed E-state index contributed by atoms with van der Waals surface area (Å²) in [5, 5.41) is 1.42. The first-order valence-electron chi connectivity index (χ1n) is 8.17. The van der Waals surface area contributed by atoms with Gasteiger partial charge in [-0.3, -0.25) is 4.79 Å². The number of benzene rings is 1. The number of hydrogen-bond donors (Lipinski definition) is 1. The smallest absolute Gasteiger partial charge is 0.222 e. The SMILES string of the molecule is CCC(=O)N1C[C@H](CI)CC2c3cccc4[nH]cc(c34)C[C@H]21. The van der Waals surface area contributed by atoms with Gasteiger partial charge in [0.05, 0.1) is 0 Å². The summed E-state index contributed by atoms with van der Waals surface area (Å²) in [6.07, 6.45) is 4.97. The average Bonchev–Trinajstić information content (AvgIpc) is 2.98. The van der Waals surface area contributed by atoms with Crippen LogP contribution in [0.5, 0.6) is 0 Å². The Balaban J connectivity index is 1.82. The molecule has 1 aromatic carbocycles. The van der Waals surface area contributed by atoms with E-state index in [0.29, 0.717) is 30.2 Å². The largest absolute Gasteiger partial charge is 0.361 e. The van der Waals surface area contributed by atoms with Gasteiger partial charge in [0.15, 0.2) is 0 Å². The van der Waals surface area contributed by atoms with Crippen LogP contribution in [0.15, 0.2) is 24.4 Å². The Morgan fingerprint density at radius 3 is 3.09 bits per heavy atom. The van der Waals surface area contributed by atoms with E-state index in [9.17, 15) is 4.79 Å². The normalized spacial score (nSPS) is 27.0. The molecule has 22 heavy (non-hydrogen) atoms. The number of nitrogens with one attached hydrogen (secondary N) is 1. The zero-order chi connectivity index (χ0) is 15.3. The van der Waals surface area contributed by atoms with Crippen LogP contribution in [0.4, 0.5) is 0 Å². The van der Waals surface area contributed by atoms with Crippen molar-refractivity contribution in [3.8, 4) is 0 Å². The minimum absolute atomic E-state index is 0.315. The lowest BCUT2D eigenvalue weighted by Crippen LogP contribution is -2.52. The lowest BCUT2D eigenvalue weighted by molar-refractivity contribution is -0.136. The highest BCUT2D eigenvalue weighted by molar-refractivity contribution is 14.1. The molecule has 2 aliphatic rings. The maximum Gasteiger partial charge on any atom is 0.222 e. The van der Waals surface area contributed by atoms with Gasteiger partial charge >= 0.3 is 0 Å². The molecule has 2 aromatic rings. The standard InChI is InChI=1S/C18H21IN2O/c1-2-17(22)21-10-11(8-19)6-14-13-4-3-5-15-18(13)12(9-20-15)7-16(14)21/h3-5,9,11,14,16,20H,2,6-8,10H2,1H3/t11-,14?,16+/m0/s1. The van der Waals surface area contributed by atoms with E-state index in [2.05, 4.69) is 56.9 Å². The molecule has 3 atom stereocenters. The van der Waals surface area contributed by atoms with E-state index in [1.54, 1.807) is 0 Å². The van der Waals surface area contributed by atoms with Gasteiger partial charge in [0.2, 0.25) is 5.91 Å². The molecule has 4 rings (SSSR count). The lowest BCUT2D eigenvalue weighted by atomic mass is 9.72. The number of fused-ring (bicyclic) bond motifs is 2. The van der Waals surface area contributed by atoms with Crippen LogP contribution in [0, 0.1) is 5.92 Å². The van der Waals surface area contributed by atoms with Gasteiger partial charge in [0.25, 0.3) is 0 Å². The Hall–Kier alpha value is -1.04. The number of H-pyrrole nitrogens is 1. The van der Waals surface area contributed by atoms with Crippen molar-refractivity contribution in [1.82, 2.24) is 9.88 Å². The number of amides is 1. The highest BCUT2D eigenvalue weighted by Crippen LogP contribution is 2.45. The molecule has 3 nitrogen and oxygen atoms in total. The van der Waals surface area contributed by atoms with Gasteiger partial charge in [-0.1, -0.05) is 41.6 Å². The monoisotopic (exact) mass is 408 g/mol. The molecule has 1 aliphatic heterocycles. The zero-order valence-corrected chi connectivity index (χ0v) is 15.0. The van der Waals surface area contributed by atoms with Crippen LogP contribution in [-0.2, 0) is 11.2 Å². The molecule has 1 amide bonds. The second kappa shape index (κ2) is 5.55. The van der Waals surface area contributed by atoms with E-state index < -0.39 is 0 Å². The van der Waals surface area contributed by atoms with Crippen LogP contribution in [0.3, 0.4) is 0 Å². The zero-order valence-electron chi connectivity index (χ0n) is 12.8. The van der Waals surface area contributed by atoms with Gasteiger partial charge in [0, 0.05) is 46.5 Å². The van der Waals surface area contributed by atoms with Gasteiger partial charge < -0.3 is 9.88 Å². The predicted octanol–water partition coefficient (Wildman–Crippen LogP) is 3.87. The summed E-state index contributed by atoms with van der Waals surface area (Å²) in [5.74, 6) is 1.43. The summed E-state index contributed by atoms with van der Waals surface area (Å²) in [7, 11) is 0. The molecule has 116 valence electrons. The molecule has 0 radical (unpaired) electrons. The third kappa shape index (κ3) is 2.10. The second-order valence-corrected chi connectivity index (χ2v) is 7.50. The Morgan fingerprint density at radius 2 is 2.32 bits per heavy atom. The number of aromatic nitrogens is 1. The predicted molar refractivity (Wildman–Crippen MR) is 97.5 cm³/mol. The molecule has 1 unspecified atom stereocenters. The molecule has 1 fully saturated rings. The molecular formula is C18H21IN2O. The van der Waals surface area contributed by atoms with Crippen molar-refractivity contribution in [2.75, 3.05) is 11.0 Å². The van der Waals surface area contributed by atoms with E-state index in [4.69, 9.17) is 0 Å². The van der Waals surface area contributed by atoms with Gasteiger partial charge in [-0.05, 0) is 36.0 Å². The third-order valence-electron chi connectivity index (χ3n) is 5.40. The Kier molecular flexibility index (Phi) is 3.67. The first-order valence-corrected chi connectivity index (χ1v) is 9.69. The number of piperidine rings is 1. The fourth-order valence-electron chi connectivity index (χ4n) is 4.39. The minimum Gasteiger partial charge on any atom is -0.361 e. The summed E-state index contributed by atoms with van der Waals surface area (Å²) in [5.41, 5.74) is 4.08. The first kappa shape index (κ1) is 14.5. The maximum atomic E-state index is 12.5. The van der Waals surface area contributed by atoms with Crippen molar-refractivity contribution < 1.29 is 4.79 Å². The molecule has 2 heterocycles. The lowest BCUT2D eigenvalue weighted by Gasteiger charge is -2.47. The van der Waals surface area contributed by atoms with Gasteiger partial charge in [-0.25, -0.2) is 0 Å². The molecular weight excluding hydrogens is 387 g/mol. The molecule has 1 aliphatic carbocycles. The van der Waals surface area contributed by atoms with Crippen molar-refractivity contribution in [3.05, 3.63) is 35.5 Å². The van der Waals surface area contributed by atoms with E-state index in [-0.39, 0.29) is 0 Å². The van der Waals surface area contributed by atoms with Crippen LogP contribution in [0.2, 0.25) is 0 Å².